The Labute approximate surface area is 191 Å². The number of esters is 1. The Bertz CT molecular complexity index is 1240. The number of nitrogens with one attached hydrogen (secondary N) is 1. The second-order valence-corrected chi connectivity index (χ2v) is 9.83. The largest absolute Gasteiger partial charge is 0.462 e. The first-order valence-electron chi connectivity index (χ1n) is 9.47. The first-order valence-corrected chi connectivity index (χ1v) is 12.1. The second-order valence-electron chi connectivity index (χ2n) is 6.63. The number of thioether (sulfide) groups is 1. The number of fused-ring (bicyclic) bond motifs is 1. The van der Waals surface area contributed by atoms with Crippen LogP contribution in [0.4, 0.5) is 16.6 Å². The number of aryl methyl sites for hydroxylation is 2. The number of nitrogen functional groups attached to an aromatic ring is 1. The standard InChI is InChI=1S/C20H20N6O2S3/c1-4-28-18(27)15-11(3)14-16(21)23-13(24-17(14)30-15)9-29-20-26-25-19(31-20)22-12-7-5-10(2)6-8-12/h5-8H,4,9H2,1-3H3,(H,22,25)(H2,21,23,24). The summed E-state index contributed by atoms with van der Waals surface area (Å²) in [5, 5.41) is 13.1. The van der Waals surface area contributed by atoms with Crippen LogP contribution in [0.1, 0.15) is 33.5 Å². The number of nitrogens with two attached hydrogens (primary N) is 1. The molecule has 0 unspecified atom stereocenters. The summed E-state index contributed by atoms with van der Waals surface area (Å²) in [7, 11) is 0. The third-order valence-electron chi connectivity index (χ3n) is 4.36. The van der Waals surface area contributed by atoms with Gasteiger partial charge in [-0.1, -0.05) is 40.8 Å². The van der Waals surface area contributed by atoms with E-state index in [0.717, 1.165) is 20.7 Å². The Morgan fingerprint density at radius 2 is 1.94 bits per heavy atom. The van der Waals surface area contributed by atoms with Gasteiger partial charge < -0.3 is 15.8 Å². The predicted molar refractivity (Wildman–Crippen MR) is 126 cm³/mol. The molecule has 11 heteroatoms. The highest BCUT2D eigenvalue weighted by Crippen LogP contribution is 2.35. The maximum Gasteiger partial charge on any atom is 0.348 e. The summed E-state index contributed by atoms with van der Waals surface area (Å²) in [4.78, 5) is 22.4. The predicted octanol–water partition coefficient (Wildman–Crippen LogP) is 4.95. The van der Waals surface area contributed by atoms with Crippen LogP contribution in [0.3, 0.4) is 0 Å². The van der Waals surface area contributed by atoms with E-state index in [2.05, 4.69) is 25.5 Å². The zero-order valence-corrected chi connectivity index (χ0v) is 19.6. The molecule has 0 aliphatic rings. The maximum atomic E-state index is 12.2. The van der Waals surface area contributed by atoms with Gasteiger partial charge in [-0.3, -0.25) is 0 Å². The molecule has 4 aromatic rings. The number of nitrogens with zero attached hydrogens (tertiary/aromatic N) is 4. The fourth-order valence-electron chi connectivity index (χ4n) is 2.88. The van der Waals surface area contributed by atoms with Gasteiger partial charge in [-0.05, 0) is 38.5 Å². The van der Waals surface area contributed by atoms with E-state index < -0.39 is 0 Å². The van der Waals surface area contributed by atoms with Crippen molar-refractivity contribution in [2.24, 2.45) is 0 Å². The molecule has 3 N–H and O–H groups in total. The van der Waals surface area contributed by atoms with Crippen molar-refractivity contribution in [2.75, 3.05) is 17.7 Å². The molecule has 160 valence electrons. The molecule has 0 fully saturated rings. The molecule has 0 saturated heterocycles. The first-order chi connectivity index (χ1) is 14.9. The Hall–Kier alpha value is -2.76. The van der Waals surface area contributed by atoms with Gasteiger partial charge in [0.1, 0.15) is 21.3 Å². The molecular weight excluding hydrogens is 452 g/mol. The van der Waals surface area contributed by atoms with Crippen LogP contribution < -0.4 is 11.1 Å². The first kappa shape index (κ1) is 21.5. The van der Waals surface area contributed by atoms with Crippen LogP contribution in [0.2, 0.25) is 0 Å². The molecule has 0 aliphatic carbocycles. The van der Waals surface area contributed by atoms with E-state index in [0.29, 0.717) is 39.1 Å². The number of aromatic nitrogens is 4. The molecule has 8 nitrogen and oxygen atoms in total. The van der Waals surface area contributed by atoms with Crippen molar-refractivity contribution < 1.29 is 9.53 Å². The fourth-order valence-corrected chi connectivity index (χ4v) is 5.61. The molecule has 0 radical (unpaired) electrons. The average molecular weight is 473 g/mol. The molecule has 0 saturated carbocycles. The van der Waals surface area contributed by atoms with Crippen molar-refractivity contribution in [2.45, 2.75) is 30.9 Å². The minimum absolute atomic E-state index is 0.318. The minimum atomic E-state index is -0.360. The van der Waals surface area contributed by atoms with Gasteiger partial charge in [-0.15, -0.1) is 21.5 Å². The summed E-state index contributed by atoms with van der Waals surface area (Å²) in [6.07, 6.45) is 0. The molecule has 3 heterocycles. The summed E-state index contributed by atoms with van der Waals surface area (Å²) < 4.78 is 5.92. The SMILES string of the molecule is CCOC(=O)c1sc2nc(CSc3nnc(Nc4ccc(C)cc4)s3)nc(N)c2c1C. The zero-order valence-electron chi connectivity index (χ0n) is 17.1. The summed E-state index contributed by atoms with van der Waals surface area (Å²) in [5.74, 6) is 1.07. The van der Waals surface area contributed by atoms with E-state index in [-0.39, 0.29) is 5.97 Å². The Morgan fingerprint density at radius 1 is 1.16 bits per heavy atom. The summed E-state index contributed by atoms with van der Waals surface area (Å²) in [6.45, 7) is 5.98. The van der Waals surface area contributed by atoms with Crippen LogP contribution in [0.25, 0.3) is 10.2 Å². The summed E-state index contributed by atoms with van der Waals surface area (Å²) in [5.41, 5.74) is 9.09. The maximum absolute atomic E-state index is 12.2. The van der Waals surface area contributed by atoms with Gasteiger partial charge in [0.05, 0.1) is 17.7 Å². The third-order valence-corrected chi connectivity index (χ3v) is 7.49. The number of hydrogen-bond donors (Lipinski definition) is 2. The van der Waals surface area contributed by atoms with Crippen LogP contribution in [0, 0.1) is 13.8 Å². The van der Waals surface area contributed by atoms with Crippen LogP contribution in [0.5, 0.6) is 0 Å². The number of carbonyl (C=O) groups excluding carboxylic acids is 1. The quantitative estimate of drug-likeness (QED) is 0.284. The lowest BCUT2D eigenvalue weighted by atomic mass is 10.2. The molecule has 4 rings (SSSR count). The molecule has 0 atom stereocenters. The number of hydrogen-bond acceptors (Lipinski definition) is 11. The Morgan fingerprint density at radius 3 is 2.68 bits per heavy atom. The lowest BCUT2D eigenvalue weighted by Crippen LogP contribution is -2.03. The molecule has 0 amide bonds. The average Bonchev–Trinajstić information content (AvgIpc) is 3.32. The molecule has 0 bridgehead atoms. The van der Waals surface area contributed by atoms with Crippen molar-refractivity contribution in [3.05, 3.63) is 46.1 Å². The van der Waals surface area contributed by atoms with Gasteiger partial charge in [-0.2, -0.15) is 0 Å². The van der Waals surface area contributed by atoms with Gasteiger partial charge in [0.25, 0.3) is 0 Å². The van der Waals surface area contributed by atoms with E-state index in [1.165, 1.54) is 40.0 Å². The number of ether oxygens (including phenoxy) is 1. The second kappa shape index (κ2) is 9.16. The van der Waals surface area contributed by atoms with Crippen molar-refractivity contribution >= 4 is 67.3 Å². The van der Waals surface area contributed by atoms with Crippen LogP contribution >= 0.6 is 34.4 Å². The molecule has 1 aromatic carbocycles. The van der Waals surface area contributed by atoms with E-state index >= 15 is 0 Å². The lowest BCUT2D eigenvalue weighted by molar-refractivity contribution is 0.0531. The summed E-state index contributed by atoms with van der Waals surface area (Å²) >= 11 is 4.22. The topological polar surface area (TPSA) is 116 Å². The van der Waals surface area contributed by atoms with Crippen LogP contribution in [-0.4, -0.2) is 32.7 Å². The normalized spacial score (nSPS) is 11.1. The van der Waals surface area contributed by atoms with Gasteiger partial charge >= 0.3 is 5.97 Å². The lowest BCUT2D eigenvalue weighted by Gasteiger charge is -2.02. The minimum Gasteiger partial charge on any atom is -0.462 e. The van der Waals surface area contributed by atoms with Gasteiger partial charge in [0, 0.05) is 5.69 Å². The highest BCUT2D eigenvalue weighted by Gasteiger charge is 2.20. The van der Waals surface area contributed by atoms with Gasteiger partial charge in [0.15, 0.2) is 4.34 Å². The van der Waals surface area contributed by atoms with Crippen molar-refractivity contribution in [3.63, 3.8) is 0 Å². The van der Waals surface area contributed by atoms with E-state index in [1.54, 1.807) is 6.92 Å². The monoisotopic (exact) mass is 472 g/mol. The number of benzene rings is 1. The third kappa shape index (κ3) is 4.78. The van der Waals surface area contributed by atoms with Crippen molar-refractivity contribution in [3.8, 4) is 0 Å². The molecular formula is C20H20N6O2S3. The molecule has 0 aliphatic heterocycles. The van der Waals surface area contributed by atoms with Crippen LogP contribution in [-0.2, 0) is 10.5 Å². The number of rotatable bonds is 7. The van der Waals surface area contributed by atoms with Crippen molar-refractivity contribution in [1.82, 2.24) is 20.2 Å². The molecule has 31 heavy (non-hydrogen) atoms. The highest BCUT2D eigenvalue weighted by atomic mass is 32.2. The number of anilines is 3. The molecule has 3 aromatic heterocycles. The van der Waals surface area contributed by atoms with E-state index in [1.807, 2.05) is 38.1 Å². The Balaban J connectivity index is 1.47. The van der Waals surface area contributed by atoms with E-state index in [4.69, 9.17) is 10.5 Å². The summed E-state index contributed by atoms with van der Waals surface area (Å²) in [6, 6.07) is 8.08. The molecule has 0 spiro atoms. The van der Waals surface area contributed by atoms with Crippen molar-refractivity contribution in [1.29, 1.82) is 0 Å². The zero-order chi connectivity index (χ0) is 22.0. The van der Waals surface area contributed by atoms with E-state index in [9.17, 15) is 4.79 Å². The number of carbonyl (C=O) groups is 1. The van der Waals surface area contributed by atoms with Gasteiger partial charge in [0.2, 0.25) is 5.13 Å². The van der Waals surface area contributed by atoms with Crippen LogP contribution in [0.15, 0.2) is 28.6 Å². The van der Waals surface area contributed by atoms with Gasteiger partial charge in [-0.25, -0.2) is 14.8 Å². The number of thiophene rings is 1. The fraction of sp³-hybridized carbons (Fsp3) is 0.250. The smallest absolute Gasteiger partial charge is 0.348 e. The highest BCUT2D eigenvalue weighted by molar-refractivity contribution is 8.00. The Kier molecular flexibility index (Phi) is 6.35.